The summed E-state index contributed by atoms with van der Waals surface area (Å²) < 4.78 is 5.22. The monoisotopic (exact) mass is 413 g/mol. The Bertz CT molecular complexity index is 883. The number of rotatable bonds is 5. The fourth-order valence-corrected chi connectivity index (χ4v) is 5.78. The molecule has 1 aromatic carbocycles. The number of hydrogen-bond donors (Lipinski definition) is 1. The highest BCUT2D eigenvalue weighted by Gasteiger charge is 2.38. The first-order valence-corrected chi connectivity index (χ1v) is 11.2. The molecule has 5 nitrogen and oxygen atoms in total. The number of thiophene rings is 1. The van der Waals surface area contributed by atoms with Crippen LogP contribution in [0.2, 0.25) is 0 Å². The van der Waals surface area contributed by atoms with Crippen molar-refractivity contribution >= 4 is 28.9 Å². The van der Waals surface area contributed by atoms with Crippen LogP contribution in [0.3, 0.4) is 0 Å². The molecule has 29 heavy (non-hydrogen) atoms. The van der Waals surface area contributed by atoms with Gasteiger partial charge in [0.1, 0.15) is 10.6 Å². The number of carboxylic acids is 1. The van der Waals surface area contributed by atoms with Crippen LogP contribution in [0.5, 0.6) is 5.75 Å². The molecule has 2 aromatic rings. The van der Waals surface area contributed by atoms with E-state index in [0.717, 1.165) is 41.9 Å². The topological polar surface area (TPSA) is 66.8 Å². The first kappa shape index (κ1) is 20.0. The fourth-order valence-electron chi connectivity index (χ4n) is 4.79. The third-order valence-corrected chi connectivity index (χ3v) is 7.39. The minimum absolute atomic E-state index is 0.0633. The lowest BCUT2D eigenvalue weighted by molar-refractivity contribution is -0.120. The zero-order chi connectivity index (χ0) is 20.4. The van der Waals surface area contributed by atoms with Gasteiger partial charge in [-0.15, -0.1) is 11.3 Å². The van der Waals surface area contributed by atoms with Crippen LogP contribution in [0.25, 0.3) is 10.4 Å². The highest BCUT2D eigenvalue weighted by atomic mass is 32.1. The lowest BCUT2D eigenvalue weighted by Crippen LogP contribution is -2.48. The van der Waals surface area contributed by atoms with Gasteiger partial charge in [-0.2, -0.15) is 0 Å². The summed E-state index contributed by atoms with van der Waals surface area (Å²) in [6.07, 6.45) is 8.29. The summed E-state index contributed by atoms with van der Waals surface area (Å²) in [6, 6.07) is 9.61. The van der Waals surface area contributed by atoms with Gasteiger partial charge in [-0.25, -0.2) is 4.79 Å². The second-order valence-electron chi connectivity index (χ2n) is 7.98. The first-order chi connectivity index (χ1) is 14.1. The Morgan fingerprint density at radius 1 is 1.10 bits per heavy atom. The highest BCUT2D eigenvalue weighted by molar-refractivity contribution is 7.18. The summed E-state index contributed by atoms with van der Waals surface area (Å²) >= 11 is 1.24. The number of amides is 1. The molecule has 4 rings (SSSR count). The van der Waals surface area contributed by atoms with E-state index in [1.807, 2.05) is 35.2 Å². The van der Waals surface area contributed by atoms with Crippen LogP contribution in [-0.4, -0.2) is 30.1 Å². The Hall–Kier alpha value is -2.34. The van der Waals surface area contributed by atoms with Crippen molar-refractivity contribution in [1.82, 2.24) is 0 Å². The van der Waals surface area contributed by atoms with Crippen molar-refractivity contribution < 1.29 is 19.4 Å². The number of ether oxygens (including phenoxy) is 1. The molecule has 0 bridgehead atoms. The maximum atomic E-state index is 13.0. The molecule has 2 fully saturated rings. The van der Waals surface area contributed by atoms with E-state index in [4.69, 9.17) is 4.74 Å². The zero-order valence-corrected chi connectivity index (χ0v) is 17.5. The molecule has 1 N–H and O–H groups in total. The van der Waals surface area contributed by atoms with Gasteiger partial charge < -0.3 is 14.7 Å². The average molecular weight is 414 g/mol. The standard InChI is InChI=1S/C23H27NO4S/c1-28-17-12-10-16(11-13-17)20-14-19(22(29-20)23(26)27)24-18(8-5-9-21(24)25)15-6-3-2-4-7-15/h10-15,18H,2-9H2,1H3,(H,26,27). The van der Waals surface area contributed by atoms with Gasteiger partial charge in [-0.1, -0.05) is 19.3 Å². The maximum absolute atomic E-state index is 13.0. The number of nitrogens with zero attached hydrogens (tertiary/aromatic N) is 1. The molecular weight excluding hydrogens is 386 g/mol. The zero-order valence-electron chi connectivity index (χ0n) is 16.7. The van der Waals surface area contributed by atoms with Crippen LogP contribution in [0.15, 0.2) is 30.3 Å². The van der Waals surface area contributed by atoms with Crippen molar-refractivity contribution in [2.24, 2.45) is 5.92 Å². The van der Waals surface area contributed by atoms with E-state index in [1.54, 1.807) is 7.11 Å². The van der Waals surface area contributed by atoms with E-state index in [0.29, 0.717) is 18.0 Å². The normalized spacial score (nSPS) is 20.7. The minimum atomic E-state index is -0.967. The molecule has 1 saturated carbocycles. The third kappa shape index (κ3) is 4.04. The minimum Gasteiger partial charge on any atom is -0.497 e. The van der Waals surface area contributed by atoms with Gasteiger partial charge in [-0.05, 0) is 67.5 Å². The second kappa shape index (κ2) is 8.57. The van der Waals surface area contributed by atoms with Crippen LogP contribution >= 0.6 is 11.3 Å². The molecule has 1 unspecified atom stereocenters. The number of benzene rings is 1. The second-order valence-corrected chi connectivity index (χ2v) is 9.03. The lowest BCUT2D eigenvalue weighted by Gasteiger charge is -2.41. The van der Waals surface area contributed by atoms with E-state index in [2.05, 4.69) is 0 Å². The Labute approximate surface area is 175 Å². The van der Waals surface area contributed by atoms with Gasteiger partial charge >= 0.3 is 5.97 Å². The van der Waals surface area contributed by atoms with E-state index >= 15 is 0 Å². The Balaban J connectivity index is 1.73. The van der Waals surface area contributed by atoms with Gasteiger partial charge in [0.15, 0.2) is 0 Å². The van der Waals surface area contributed by atoms with Crippen LogP contribution in [-0.2, 0) is 4.79 Å². The van der Waals surface area contributed by atoms with Crippen molar-refractivity contribution in [3.8, 4) is 16.2 Å². The summed E-state index contributed by atoms with van der Waals surface area (Å²) in [7, 11) is 1.62. The number of methoxy groups -OCH3 is 1. The molecule has 0 radical (unpaired) electrons. The van der Waals surface area contributed by atoms with Crippen LogP contribution in [0.4, 0.5) is 5.69 Å². The number of hydrogen-bond acceptors (Lipinski definition) is 4. The van der Waals surface area contributed by atoms with E-state index in [-0.39, 0.29) is 16.8 Å². The summed E-state index contributed by atoms with van der Waals surface area (Å²) in [5, 5.41) is 9.87. The molecule has 6 heteroatoms. The van der Waals surface area contributed by atoms with Crippen molar-refractivity contribution in [3.63, 3.8) is 0 Å². The third-order valence-electron chi connectivity index (χ3n) is 6.23. The molecule has 1 saturated heterocycles. The molecule has 1 atom stereocenters. The average Bonchev–Trinajstić information content (AvgIpc) is 3.19. The van der Waals surface area contributed by atoms with Gasteiger partial charge in [0.2, 0.25) is 5.91 Å². The molecule has 1 aliphatic carbocycles. The number of carbonyl (C=O) groups excluding carboxylic acids is 1. The van der Waals surface area contributed by atoms with Crippen LogP contribution in [0, 0.1) is 5.92 Å². The predicted octanol–water partition coefficient (Wildman–Crippen LogP) is 5.59. The van der Waals surface area contributed by atoms with Gasteiger partial charge in [0.25, 0.3) is 0 Å². The number of carboxylic acid groups (broad SMARTS) is 1. The summed E-state index contributed by atoms with van der Waals surface area (Å²) in [5.74, 6) is 0.325. The summed E-state index contributed by atoms with van der Waals surface area (Å²) in [5.41, 5.74) is 1.51. The SMILES string of the molecule is COc1ccc(-c2cc(N3C(=O)CCCC3C3CCCCC3)c(C(=O)O)s2)cc1. The van der Waals surface area contributed by atoms with Gasteiger partial charge in [-0.3, -0.25) is 4.79 Å². The van der Waals surface area contributed by atoms with Crippen LogP contribution in [0.1, 0.15) is 61.0 Å². The summed E-state index contributed by atoms with van der Waals surface area (Å²) in [6.45, 7) is 0. The highest BCUT2D eigenvalue weighted by Crippen LogP contribution is 2.43. The molecule has 1 aromatic heterocycles. The largest absolute Gasteiger partial charge is 0.497 e. The van der Waals surface area contributed by atoms with Crippen molar-refractivity contribution in [3.05, 3.63) is 35.2 Å². The van der Waals surface area contributed by atoms with Crippen LogP contribution < -0.4 is 9.64 Å². The van der Waals surface area contributed by atoms with E-state index < -0.39 is 5.97 Å². The van der Waals surface area contributed by atoms with E-state index in [1.165, 1.54) is 30.6 Å². The number of piperidine rings is 1. The van der Waals surface area contributed by atoms with Crippen molar-refractivity contribution in [2.75, 3.05) is 12.0 Å². The fraction of sp³-hybridized carbons (Fsp3) is 0.478. The Kier molecular flexibility index (Phi) is 5.90. The molecule has 1 amide bonds. The molecule has 2 heterocycles. The molecule has 0 spiro atoms. The number of anilines is 1. The van der Waals surface area contributed by atoms with E-state index in [9.17, 15) is 14.7 Å². The lowest BCUT2D eigenvalue weighted by atomic mass is 9.79. The van der Waals surface area contributed by atoms with Crippen molar-refractivity contribution in [2.45, 2.75) is 57.4 Å². The van der Waals surface area contributed by atoms with Crippen molar-refractivity contribution in [1.29, 1.82) is 0 Å². The Morgan fingerprint density at radius 2 is 1.83 bits per heavy atom. The predicted molar refractivity (Wildman–Crippen MR) is 115 cm³/mol. The molecule has 154 valence electrons. The Morgan fingerprint density at radius 3 is 2.48 bits per heavy atom. The first-order valence-electron chi connectivity index (χ1n) is 10.4. The number of aromatic carboxylic acids is 1. The van der Waals surface area contributed by atoms with Gasteiger partial charge in [0.05, 0.1) is 12.8 Å². The smallest absolute Gasteiger partial charge is 0.348 e. The maximum Gasteiger partial charge on any atom is 0.348 e. The number of carbonyl (C=O) groups is 2. The molecular formula is C23H27NO4S. The van der Waals surface area contributed by atoms with Gasteiger partial charge in [0, 0.05) is 17.3 Å². The molecule has 1 aliphatic heterocycles. The molecule has 2 aliphatic rings. The summed E-state index contributed by atoms with van der Waals surface area (Å²) in [4.78, 5) is 28.0. The quantitative estimate of drug-likeness (QED) is 0.694.